The molecule has 0 aromatic carbocycles. The predicted molar refractivity (Wildman–Crippen MR) is 81.6 cm³/mol. The summed E-state index contributed by atoms with van der Waals surface area (Å²) < 4.78 is 17.6. The maximum Gasteiger partial charge on any atom is 0.352 e. The molecule has 2 heterocycles. The van der Waals surface area contributed by atoms with E-state index in [9.17, 15) is 14.3 Å². The molecule has 0 amide bonds. The van der Waals surface area contributed by atoms with Gasteiger partial charge < -0.3 is 15.2 Å². The summed E-state index contributed by atoms with van der Waals surface area (Å²) in [6.45, 7) is 5.20. The maximum atomic E-state index is 11.8. The lowest BCUT2D eigenvalue weighted by Gasteiger charge is -2.21. The van der Waals surface area contributed by atoms with Gasteiger partial charge in [0.2, 0.25) is 5.95 Å². The zero-order valence-electron chi connectivity index (χ0n) is 12.9. The van der Waals surface area contributed by atoms with Crippen molar-refractivity contribution in [3.63, 3.8) is 0 Å². The monoisotopic (exact) mass is 343 g/mol. The molecule has 1 saturated carbocycles. The summed E-state index contributed by atoms with van der Waals surface area (Å²) in [4.78, 5) is 36.9. The molecule has 0 aliphatic heterocycles. The second-order valence-electron chi connectivity index (χ2n) is 6.51. The Kier molecular flexibility index (Phi) is 3.42. The lowest BCUT2D eigenvalue weighted by Crippen LogP contribution is -2.27. The van der Waals surface area contributed by atoms with Crippen LogP contribution in [0.2, 0.25) is 0 Å². The van der Waals surface area contributed by atoms with E-state index in [1.54, 1.807) is 4.57 Å². The summed E-state index contributed by atoms with van der Waals surface area (Å²) >= 11 is 0. The number of rotatable bonds is 5. The van der Waals surface area contributed by atoms with Gasteiger partial charge in [-0.2, -0.15) is 4.98 Å². The van der Waals surface area contributed by atoms with Crippen LogP contribution >= 0.6 is 7.60 Å². The van der Waals surface area contributed by atoms with Crippen LogP contribution in [0, 0.1) is 5.41 Å². The first kappa shape index (κ1) is 16.1. The topological polar surface area (TPSA) is 145 Å². The molecule has 1 aliphatic carbocycles. The Labute approximate surface area is 131 Å². The van der Waals surface area contributed by atoms with Crippen LogP contribution in [-0.4, -0.2) is 36.7 Å². The van der Waals surface area contributed by atoms with Crippen molar-refractivity contribution in [3.05, 3.63) is 16.7 Å². The first-order chi connectivity index (χ1) is 10.5. The highest BCUT2D eigenvalue weighted by Gasteiger charge is 2.65. The zero-order chi connectivity index (χ0) is 17.0. The van der Waals surface area contributed by atoms with Crippen molar-refractivity contribution in [1.29, 1.82) is 0 Å². The van der Waals surface area contributed by atoms with E-state index in [1.165, 1.54) is 6.33 Å². The Morgan fingerprint density at radius 3 is 2.78 bits per heavy atom. The molecule has 126 valence electrons. The molecule has 3 rings (SSSR count). The third kappa shape index (κ3) is 2.90. The smallest absolute Gasteiger partial charge is 0.352 e. The van der Waals surface area contributed by atoms with Gasteiger partial charge in [0.05, 0.1) is 12.9 Å². The lowest BCUT2D eigenvalue weighted by atomic mass is 10.1. The summed E-state index contributed by atoms with van der Waals surface area (Å²) in [7, 11) is -3.77. The number of imidazole rings is 1. The van der Waals surface area contributed by atoms with Crippen LogP contribution in [0.15, 0.2) is 11.1 Å². The van der Waals surface area contributed by atoms with E-state index in [0.29, 0.717) is 12.1 Å². The van der Waals surface area contributed by atoms with Gasteiger partial charge in [0.25, 0.3) is 5.56 Å². The highest BCUT2D eigenvalue weighted by molar-refractivity contribution is 7.51. The number of nitrogens with two attached hydrogens (primary N) is 1. The summed E-state index contributed by atoms with van der Waals surface area (Å²) in [5, 5.41) is 0. The predicted octanol–water partition coefficient (Wildman–Crippen LogP) is 0.634. The summed E-state index contributed by atoms with van der Waals surface area (Å²) in [6, 6.07) is 0. The highest BCUT2D eigenvalue weighted by atomic mass is 31.2. The summed E-state index contributed by atoms with van der Waals surface area (Å²) in [5.41, 5.74) is 4.54. The molecule has 2 aromatic rings. The minimum atomic E-state index is -3.77. The Hall–Kier alpha value is -1.74. The maximum absolute atomic E-state index is 11.8. The normalized spacial score (nSPS) is 25.4. The van der Waals surface area contributed by atoms with Crippen LogP contribution < -0.4 is 11.3 Å². The summed E-state index contributed by atoms with van der Waals surface area (Å²) in [6.07, 6.45) is 2.06. The number of hydrogen-bond donors (Lipinski definition) is 3. The first-order valence-electron chi connectivity index (χ1n) is 6.91. The van der Waals surface area contributed by atoms with Gasteiger partial charge in [-0.1, -0.05) is 13.8 Å². The van der Waals surface area contributed by atoms with E-state index in [4.69, 9.17) is 10.6 Å². The summed E-state index contributed by atoms with van der Waals surface area (Å²) in [5.74, 6) is -0.0149. The van der Waals surface area contributed by atoms with Crippen molar-refractivity contribution in [2.24, 2.45) is 5.41 Å². The molecule has 2 atom stereocenters. The standard InChI is InChI=1S/C12H18N5O5P/c1-11(2)4-12(11,21-22-23(3,19)20)5-17-6-14-7-8(17)15-10(13)16-9(7)18/h6H,4-5H2,1-3H3,(H,19,20)(H3,13,15,16,18). The van der Waals surface area contributed by atoms with Gasteiger partial charge in [0.1, 0.15) is 5.60 Å². The molecule has 2 unspecified atom stereocenters. The van der Waals surface area contributed by atoms with Crippen molar-refractivity contribution in [2.75, 3.05) is 12.4 Å². The van der Waals surface area contributed by atoms with Crippen LogP contribution in [0.25, 0.3) is 11.2 Å². The number of aromatic nitrogens is 4. The molecular weight excluding hydrogens is 325 g/mol. The van der Waals surface area contributed by atoms with Crippen LogP contribution in [-0.2, 0) is 20.7 Å². The van der Waals surface area contributed by atoms with Crippen molar-refractivity contribution in [2.45, 2.75) is 32.4 Å². The van der Waals surface area contributed by atoms with Crippen molar-refractivity contribution < 1.29 is 19.0 Å². The second kappa shape index (κ2) is 4.88. The lowest BCUT2D eigenvalue weighted by molar-refractivity contribution is -0.275. The SMILES string of the molecule is CC1(C)CC1(Cn1cnc2c(=O)[nH]c(N)nc21)OOP(C)(=O)O. The van der Waals surface area contributed by atoms with Crippen LogP contribution in [0.5, 0.6) is 0 Å². The number of nitrogens with one attached hydrogen (secondary N) is 1. The Balaban J connectivity index is 1.93. The van der Waals surface area contributed by atoms with Gasteiger partial charge in [0, 0.05) is 12.1 Å². The molecular formula is C12H18N5O5P. The quantitative estimate of drug-likeness (QED) is 0.407. The molecule has 0 saturated heterocycles. The van der Waals surface area contributed by atoms with Gasteiger partial charge in [0.15, 0.2) is 11.2 Å². The Morgan fingerprint density at radius 1 is 1.57 bits per heavy atom. The third-order valence-electron chi connectivity index (χ3n) is 4.09. The van der Waals surface area contributed by atoms with Gasteiger partial charge in [-0.05, 0) is 6.42 Å². The van der Waals surface area contributed by atoms with Crippen molar-refractivity contribution in [3.8, 4) is 0 Å². The number of H-pyrrole nitrogens is 1. The van der Waals surface area contributed by atoms with Gasteiger partial charge >= 0.3 is 7.60 Å². The number of nitrogen functional groups attached to an aromatic ring is 1. The Morgan fingerprint density at radius 2 is 2.22 bits per heavy atom. The molecule has 23 heavy (non-hydrogen) atoms. The number of hydrogen-bond acceptors (Lipinski definition) is 7. The van der Waals surface area contributed by atoms with Gasteiger partial charge in [-0.3, -0.25) is 14.3 Å². The number of anilines is 1. The zero-order valence-corrected chi connectivity index (χ0v) is 13.8. The molecule has 1 fully saturated rings. The van der Waals surface area contributed by atoms with E-state index in [-0.39, 0.29) is 23.4 Å². The largest absolute Gasteiger partial charge is 0.369 e. The second-order valence-corrected chi connectivity index (χ2v) is 8.27. The molecule has 0 spiro atoms. The minimum Gasteiger partial charge on any atom is -0.369 e. The third-order valence-corrected chi connectivity index (χ3v) is 4.44. The average molecular weight is 343 g/mol. The number of fused-ring (bicyclic) bond motifs is 1. The van der Waals surface area contributed by atoms with E-state index < -0.39 is 18.8 Å². The van der Waals surface area contributed by atoms with Gasteiger partial charge in [-0.25, -0.2) is 9.87 Å². The van der Waals surface area contributed by atoms with Crippen LogP contribution in [0.3, 0.4) is 0 Å². The fourth-order valence-electron chi connectivity index (χ4n) is 2.61. The molecule has 4 N–H and O–H groups in total. The van der Waals surface area contributed by atoms with Crippen LogP contribution in [0.4, 0.5) is 5.95 Å². The fourth-order valence-corrected chi connectivity index (χ4v) is 2.89. The minimum absolute atomic E-state index is 0.0149. The van der Waals surface area contributed by atoms with E-state index in [0.717, 1.165) is 6.66 Å². The molecule has 0 bridgehead atoms. The van der Waals surface area contributed by atoms with Gasteiger partial charge in [-0.15, -0.1) is 4.67 Å². The fraction of sp³-hybridized carbons (Fsp3) is 0.583. The number of nitrogens with zero attached hydrogens (tertiary/aromatic N) is 3. The van der Waals surface area contributed by atoms with Crippen LogP contribution in [0.1, 0.15) is 20.3 Å². The van der Waals surface area contributed by atoms with Crippen molar-refractivity contribution >= 4 is 24.7 Å². The molecule has 11 heteroatoms. The molecule has 10 nitrogen and oxygen atoms in total. The van der Waals surface area contributed by atoms with E-state index >= 15 is 0 Å². The van der Waals surface area contributed by atoms with E-state index in [2.05, 4.69) is 19.6 Å². The average Bonchev–Trinajstić information content (AvgIpc) is 2.73. The molecule has 0 radical (unpaired) electrons. The van der Waals surface area contributed by atoms with Crippen molar-refractivity contribution in [1.82, 2.24) is 19.5 Å². The van der Waals surface area contributed by atoms with E-state index in [1.807, 2.05) is 13.8 Å². The highest BCUT2D eigenvalue weighted by Crippen LogP contribution is 2.61. The number of aromatic amines is 1. The molecule has 1 aliphatic rings. The molecule has 2 aromatic heterocycles. The Bertz CT molecular complexity index is 868. The first-order valence-corrected chi connectivity index (χ1v) is 8.94.